The number of benzene rings is 1. The molecule has 0 N–H and O–H groups in total. The van der Waals surface area contributed by atoms with Gasteiger partial charge >= 0.3 is 5.97 Å². The number of halogens is 1. The Balaban J connectivity index is 1.62. The summed E-state index contributed by atoms with van der Waals surface area (Å²) in [7, 11) is 1.35. The maximum absolute atomic E-state index is 12.7. The topological polar surface area (TPSA) is 48.1 Å². The van der Waals surface area contributed by atoms with Crippen LogP contribution in [0.15, 0.2) is 24.3 Å². The number of esters is 1. The lowest BCUT2D eigenvalue weighted by Crippen LogP contribution is -2.27. The van der Waals surface area contributed by atoms with E-state index in [1.54, 1.807) is 12.1 Å². The third kappa shape index (κ3) is 3.75. The molecule has 1 unspecified atom stereocenters. The Labute approximate surface area is 111 Å². The lowest BCUT2D eigenvalue weighted by atomic mass is 10.1. The van der Waals surface area contributed by atoms with Gasteiger partial charge in [0.2, 0.25) is 0 Å². The van der Waals surface area contributed by atoms with Crippen molar-refractivity contribution in [3.63, 3.8) is 0 Å². The molecule has 0 amide bonds. The van der Waals surface area contributed by atoms with Crippen molar-refractivity contribution in [3.8, 4) is 0 Å². The van der Waals surface area contributed by atoms with Gasteiger partial charge in [-0.1, -0.05) is 12.1 Å². The summed E-state index contributed by atoms with van der Waals surface area (Å²) in [5.74, 6) is -0.579. The SMILES string of the molecule is COC(=O)C1(CCOCCc2ccc(F)cc2)CO1. The van der Waals surface area contributed by atoms with Gasteiger partial charge in [0.1, 0.15) is 5.82 Å². The van der Waals surface area contributed by atoms with E-state index in [1.165, 1.54) is 19.2 Å². The molecule has 5 heteroatoms. The van der Waals surface area contributed by atoms with E-state index in [0.717, 1.165) is 5.56 Å². The zero-order chi connectivity index (χ0) is 13.7. The molecule has 104 valence electrons. The van der Waals surface area contributed by atoms with Gasteiger partial charge in [0, 0.05) is 6.42 Å². The van der Waals surface area contributed by atoms with Crippen molar-refractivity contribution < 1.29 is 23.4 Å². The van der Waals surface area contributed by atoms with Gasteiger partial charge in [0.05, 0.1) is 26.9 Å². The second-order valence-electron chi connectivity index (χ2n) is 4.51. The zero-order valence-electron chi connectivity index (χ0n) is 10.9. The maximum atomic E-state index is 12.7. The number of carbonyl (C=O) groups excluding carboxylic acids is 1. The van der Waals surface area contributed by atoms with Gasteiger partial charge in [-0.05, 0) is 24.1 Å². The minimum Gasteiger partial charge on any atom is -0.467 e. The third-order valence-electron chi connectivity index (χ3n) is 3.15. The first-order chi connectivity index (χ1) is 9.16. The Hall–Kier alpha value is -1.46. The zero-order valence-corrected chi connectivity index (χ0v) is 10.9. The number of hydrogen-bond donors (Lipinski definition) is 0. The van der Waals surface area contributed by atoms with Gasteiger partial charge in [0.15, 0.2) is 5.60 Å². The molecular formula is C14H17FO4. The molecular weight excluding hydrogens is 251 g/mol. The molecule has 0 spiro atoms. The summed E-state index contributed by atoms with van der Waals surface area (Å²) in [4.78, 5) is 11.4. The van der Waals surface area contributed by atoms with E-state index < -0.39 is 5.60 Å². The van der Waals surface area contributed by atoms with Crippen LogP contribution in [-0.4, -0.2) is 38.5 Å². The highest BCUT2D eigenvalue weighted by atomic mass is 19.1. The number of hydrogen-bond acceptors (Lipinski definition) is 4. The first-order valence-electron chi connectivity index (χ1n) is 6.21. The number of epoxide rings is 1. The molecule has 1 saturated heterocycles. The van der Waals surface area contributed by atoms with Crippen LogP contribution in [0.4, 0.5) is 4.39 Å². The molecule has 19 heavy (non-hydrogen) atoms. The van der Waals surface area contributed by atoms with E-state index >= 15 is 0 Å². The first kappa shape index (κ1) is 14.0. The fourth-order valence-corrected chi connectivity index (χ4v) is 1.82. The summed E-state index contributed by atoms with van der Waals surface area (Å²) in [6.07, 6.45) is 1.22. The molecule has 1 aliphatic heterocycles. The summed E-state index contributed by atoms with van der Waals surface area (Å²) in [6, 6.07) is 6.33. The fraction of sp³-hybridized carbons (Fsp3) is 0.500. The molecule has 1 aromatic rings. The van der Waals surface area contributed by atoms with Crippen molar-refractivity contribution in [1.82, 2.24) is 0 Å². The Bertz CT molecular complexity index is 426. The molecule has 0 saturated carbocycles. The molecule has 1 aromatic carbocycles. The third-order valence-corrected chi connectivity index (χ3v) is 3.15. The molecule has 1 fully saturated rings. The molecule has 1 aliphatic rings. The van der Waals surface area contributed by atoms with Gasteiger partial charge < -0.3 is 14.2 Å². The standard InChI is InChI=1S/C14H17FO4/c1-17-13(16)14(10-19-14)7-9-18-8-6-11-2-4-12(15)5-3-11/h2-5H,6-10H2,1H3. The molecule has 1 atom stereocenters. The van der Waals surface area contributed by atoms with Crippen molar-refractivity contribution in [2.45, 2.75) is 18.4 Å². The molecule has 1 heterocycles. The van der Waals surface area contributed by atoms with E-state index in [2.05, 4.69) is 4.74 Å². The Kier molecular flexibility index (Phi) is 4.50. The van der Waals surface area contributed by atoms with Crippen molar-refractivity contribution >= 4 is 5.97 Å². The number of ether oxygens (including phenoxy) is 3. The van der Waals surface area contributed by atoms with Crippen LogP contribution in [0.1, 0.15) is 12.0 Å². The predicted molar refractivity (Wildman–Crippen MR) is 66.2 cm³/mol. The lowest BCUT2D eigenvalue weighted by molar-refractivity contribution is -0.147. The van der Waals surface area contributed by atoms with Gasteiger partial charge in [-0.2, -0.15) is 0 Å². The Morgan fingerprint density at radius 1 is 1.37 bits per heavy atom. The summed E-state index contributed by atoms with van der Waals surface area (Å²) < 4.78 is 27.9. The van der Waals surface area contributed by atoms with Crippen LogP contribution >= 0.6 is 0 Å². The summed E-state index contributed by atoms with van der Waals surface area (Å²) in [5.41, 5.74) is 0.247. The monoisotopic (exact) mass is 268 g/mol. The fourth-order valence-electron chi connectivity index (χ4n) is 1.82. The van der Waals surface area contributed by atoms with Gasteiger partial charge in [-0.25, -0.2) is 9.18 Å². The minimum atomic E-state index is -0.773. The summed E-state index contributed by atoms with van der Waals surface area (Å²) in [5, 5.41) is 0. The quantitative estimate of drug-likeness (QED) is 0.429. The highest BCUT2D eigenvalue weighted by Crippen LogP contribution is 2.32. The van der Waals surface area contributed by atoms with E-state index in [0.29, 0.717) is 32.7 Å². The van der Waals surface area contributed by atoms with Crippen molar-refractivity contribution in [1.29, 1.82) is 0 Å². The van der Waals surface area contributed by atoms with Crippen LogP contribution in [0, 0.1) is 5.82 Å². The number of carbonyl (C=O) groups is 1. The molecule has 4 nitrogen and oxygen atoms in total. The molecule has 0 bridgehead atoms. The van der Waals surface area contributed by atoms with Crippen LogP contribution in [-0.2, 0) is 25.4 Å². The summed E-state index contributed by atoms with van der Waals surface area (Å²) >= 11 is 0. The average molecular weight is 268 g/mol. The molecule has 0 radical (unpaired) electrons. The van der Waals surface area contributed by atoms with E-state index in [1.807, 2.05) is 0 Å². The Morgan fingerprint density at radius 2 is 2.05 bits per heavy atom. The van der Waals surface area contributed by atoms with Gasteiger partial charge in [0.25, 0.3) is 0 Å². The maximum Gasteiger partial charge on any atom is 0.340 e. The second-order valence-corrected chi connectivity index (χ2v) is 4.51. The number of rotatable bonds is 7. The highest BCUT2D eigenvalue weighted by Gasteiger charge is 2.53. The van der Waals surface area contributed by atoms with Crippen LogP contribution in [0.5, 0.6) is 0 Å². The van der Waals surface area contributed by atoms with Crippen LogP contribution in [0.25, 0.3) is 0 Å². The van der Waals surface area contributed by atoms with Crippen molar-refractivity contribution in [3.05, 3.63) is 35.6 Å². The van der Waals surface area contributed by atoms with Crippen LogP contribution in [0.2, 0.25) is 0 Å². The highest BCUT2D eigenvalue weighted by molar-refractivity contribution is 5.82. The van der Waals surface area contributed by atoms with E-state index in [9.17, 15) is 9.18 Å². The predicted octanol–water partition coefficient (Wildman–Crippen LogP) is 1.72. The van der Waals surface area contributed by atoms with Crippen LogP contribution < -0.4 is 0 Å². The number of methoxy groups -OCH3 is 1. The van der Waals surface area contributed by atoms with Gasteiger partial charge in [-0.3, -0.25) is 0 Å². The van der Waals surface area contributed by atoms with E-state index in [4.69, 9.17) is 9.47 Å². The molecule has 0 aromatic heterocycles. The molecule has 2 rings (SSSR count). The van der Waals surface area contributed by atoms with Crippen molar-refractivity contribution in [2.24, 2.45) is 0 Å². The largest absolute Gasteiger partial charge is 0.467 e. The lowest BCUT2D eigenvalue weighted by Gasteiger charge is -2.09. The minimum absolute atomic E-state index is 0.240. The molecule has 0 aliphatic carbocycles. The normalized spacial score (nSPS) is 21.2. The smallest absolute Gasteiger partial charge is 0.340 e. The summed E-state index contributed by atoms with van der Waals surface area (Å²) in [6.45, 7) is 1.38. The Morgan fingerprint density at radius 3 is 2.63 bits per heavy atom. The van der Waals surface area contributed by atoms with Crippen molar-refractivity contribution in [2.75, 3.05) is 26.9 Å². The first-order valence-corrected chi connectivity index (χ1v) is 6.21. The van der Waals surface area contributed by atoms with E-state index in [-0.39, 0.29) is 11.8 Å². The average Bonchev–Trinajstić information content (AvgIpc) is 3.21. The van der Waals surface area contributed by atoms with Crippen LogP contribution in [0.3, 0.4) is 0 Å². The second kappa shape index (κ2) is 6.12. The van der Waals surface area contributed by atoms with Gasteiger partial charge in [-0.15, -0.1) is 0 Å².